The number of hydrogen-bond donors (Lipinski definition) is 2. The number of ether oxygens (including phenoxy) is 3. The molecule has 0 amide bonds. The number of aliphatic hydroxyl groups is 1. The largest absolute Gasteiger partial charge is 0.472 e. The van der Waals surface area contributed by atoms with Gasteiger partial charge in [-0.05, 0) is 83.5 Å². The van der Waals surface area contributed by atoms with Gasteiger partial charge in [-0.3, -0.25) is 23.4 Å². The van der Waals surface area contributed by atoms with Crippen LogP contribution < -0.4 is 0 Å². The van der Waals surface area contributed by atoms with Gasteiger partial charge in [0.25, 0.3) is 0 Å². The molecule has 0 aromatic carbocycles. The van der Waals surface area contributed by atoms with Gasteiger partial charge in [0.2, 0.25) is 0 Å². The van der Waals surface area contributed by atoms with E-state index in [0.717, 1.165) is 116 Å². The Labute approximate surface area is 414 Å². The van der Waals surface area contributed by atoms with Gasteiger partial charge < -0.3 is 24.2 Å². The molecule has 3 atom stereocenters. The fourth-order valence-electron chi connectivity index (χ4n) is 7.09. The quantitative estimate of drug-likeness (QED) is 0.0197. The number of esters is 3. The van der Waals surface area contributed by atoms with E-state index in [1.807, 2.05) is 0 Å². The van der Waals surface area contributed by atoms with Gasteiger partial charge in [-0.25, -0.2) is 4.57 Å². The predicted molar refractivity (Wildman–Crippen MR) is 279 cm³/mol. The summed E-state index contributed by atoms with van der Waals surface area (Å²) < 4.78 is 39.4. The van der Waals surface area contributed by atoms with Crippen molar-refractivity contribution in [2.75, 3.05) is 26.4 Å². The minimum absolute atomic E-state index is 0.148. The molecule has 0 aliphatic rings. The summed E-state index contributed by atoms with van der Waals surface area (Å²) in [7, 11) is -4.75. The molecule has 68 heavy (non-hydrogen) atoms. The van der Waals surface area contributed by atoms with Gasteiger partial charge >= 0.3 is 25.7 Å². The molecule has 0 spiro atoms. The van der Waals surface area contributed by atoms with Gasteiger partial charge in [0, 0.05) is 19.3 Å². The fraction of sp³-hybridized carbons (Fsp3) is 0.732. The smallest absolute Gasteiger partial charge is 0.462 e. The number of carbonyl (C=O) groups excluding carboxylic acids is 3. The Bertz CT molecular complexity index is 1420. The van der Waals surface area contributed by atoms with E-state index in [9.17, 15) is 28.9 Å². The van der Waals surface area contributed by atoms with Crippen LogP contribution in [0.1, 0.15) is 226 Å². The van der Waals surface area contributed by atoms with Crippen LogP contribution in [0.5, 0.6) is 0 Å². The summed E-state index contributed by atoms with van der Waals surface area (Å²) in [5.74, 6) is -1.51. The second kappa shape index (κ2) is 50.3. The van der Waals surface area contributed by atoms with Crippen LogP contribution in [0.3, 0.4) is 0 Å². The van der Waals surface area contributed by atoms with Crippen molar-refractivity contribution in [2.24, 2.45) is 0 Å². The average molecular weight is 977 g/mol. The van der Waals surface area contributed by atoms with Crippen molar-refractivity contribution in [3.05, 3.63) is 72.9 Å². The first-order valence-corrected chi connectivity index (χ1v) is 28.3. The van der Waals surface area contributed by atoms with Crippen LogP contribution in [-0.4, -0.2) is 66.5 Å². The Hall–Kier alpha value is -3.08. The number of phosphoric ester groups is 1. The lowest BCUT2D eigenvalue weighted by Crippen LogP contribution is -2.30. The van der Waals surface area contributed by atoms with Gasteiger partial charge in [-0.15, -0.1) is 0 Å². The molecule has 0 rings (SSSR count). The minimum atomic E-state index is -4.75. The molecule has 0 bridgehead atoms. The zero-order valence-corrected chi connectivity index (χ0v) is 43.9. The van der Waals surface area contributed by atoms with Crippen molar-refractivity contribution < 1.29 is 52.2 Å². The number of aliphatic hydroxyl groups excluding tert-OH is 1. The lowest BCUT2D eigenvalue weighted by atomic mass is 10.1. The molecule has 11 nitrogen and oxygen atoms in total. The van der Waals surface area contributed by atoms with Crippen molar-refractivity contribution in [1.29, 1.82) is 0 Å². The van der Waals surface area contributed by atoms with Gasteiger partial charge in [0.1, 0.15) is 12.7 Å². The molecule has 0 aromatic rings. The molecule has 392 valence electrons. The summed E-state index contributed by atoms with van der Waals surface area (Å²) in [6.07, 6.45) is 54.4. The first-order valence-electron chi connectivity index (χ1n) is 26.8. The van der Waals surface area contributed by atoms with Gasteiger partial charge in [-0.1, -0.05) is 196 Å². The minimum Gasteiger partial charge on any atom is -0.462 e. The van der Waals surface area contributed by atoms with Crippen molar-refractivity contribution in [1.82, 2.24) is 0 Å². The van der Waals surface area contributed by atoms with Crippen molar-refractivity contribution in [2.45, 2.75) is 238 Å². The van der Waals surface area contributed by atoms with E-state index in [-0.39, 0.29) is 25.9 Å². The SMILES string of the molecule is CC/C=C\C/C=C\C/C=C\CCCCCCCCCC(=O)OC(COC(=O)CCCCC/C=C\C/C=C\C/C=C\CC)COP(=O)(O)OCC(CO)OC(=O)CCCCCCCCCCCCC. The summed E-state index contributed by atoms with van der Waals surface area (Å²) in [6.45, 7) is 4.36. The summed E-state index contributed by atoms with van der Waals surface area (Å²) in [5.41, 5.74) is 0. The number of carbonyl (C=O) groups is 3. The van der Waals surface area contributed by atoms with Crippen molar-refractivity contribution in [3.63, 3.8) is 0 Å². The Kier molecular flexibility index (Phi) is 48.0. The third kappa shape index (κ3) is 48.0. The fourth-order valence-corrected chi connectivity index (χ4v) is 7.87. The average Bonchev–Trinajstić information content (AvgIpc) is 3.32. The summed E-state index contributed by atoms with van der Waals surface area (Å²) in [4.78, 5) is 48.3. The second-order valence-electron chi connectivity index (χ2n) is 17.6. The van der Waals surface area contributed by atoms with Crippen molar-refractivity contribution in [3.8, 4) is 0 Å². The third-order valence-electron chi connectivity index (χ3n) is 11.1. The molecule has 3 unspecified atom stereocenters. The Morgan fingerprint density at radius 1 is 0.426 bits per heavy atom. The second-order valence-corrected chi connectivity index (χ2v) is 19.1. The highest BCUT2D eigenvalue weighted by atomic mass is 31.2. The standard InChI is InChI=1S/C56H97O11P/c1-4-7-10-13-16-19-22-24-25-26-27-29-32-35-38-41-44-47-56(60)67-53(49-63-54(58)45-42-39-36-33-31-28-23-20-17-14-11-8-5-2)51-65-68(61,62)64-50-52(48-57)66-55(59)46-43-40-37-34-30-21-18-15-12-9-6-3/h7-8,10-11,16-17,19-20,24-25,28,31,52-53,57H,4-6,9,12-15,18,21-23,26-27,29-30,32-51H2,1-3H3,(H,61,62)/b10-7-,11-8-,19-16-,20-17-,25-24-,31-28-. The van der Waals surface area contributed by atoms with E-state index in [1.54, 1.807) is 0 Å². The number of hydrogen-bond acceptors (Lipinski definition) is 10. The Balaban J connectivity index is 4.79. The lowest BCUT2D eigenvalue weighted by Gasteiger charge is -2.21. The molecule has 0 aromatic heterocycles. The van der Waals surface area contributed by atoms with Crippen LogP contribution in [0.25, 0.3) is 0 Å². The number of unbranched alkanes of at least 4 members (excludes halogenated alkanes) is 20. The molecule has 0 saturated heterocycles. The molecule has 0 radical (unpaired) electrons. The van der Waals surface area contributed by atoms with E-state index in [1.165, 1.54) is 51.4 Å². The number of phosphoric acid groups is 1. The summed E-state index contributed by atoms with van der Waals surface area (Å²) >= 11 is 0. The van der Waals surface area contributed by atoms with Crippen LogP contribution in [0, 0.1) is 0 Å². The normalized spacial score (nSPS) is 14.0. The highest BCUT2D eigenvalue weighted by molar-refractivity contribution is 7.47. The molecule has 0 saturated carbocycles. The van der Waals surface area contributed by atoms with E-state index in [2.05, 4.69) is 93.7 Å². The maximum Gasteiger partial charge on any atom is 0.472 e. The molecule has 12 heteroatoms. The molecule has 0 aliphatic carbocycles. The van der Waals surface area contributed by atoms with Gasteiger partial charge in [0.05, 0.1) is 19.8 Å². The van der Waals surface area contributed by atoms with Gasteiger partial charge in [-0.2, -0.15) is 0 Å². The Morgan fingerprint density at radius 3 is 1.19 bits per heavy atom. The molecule has 0 fully saturated rings. The zero-order valence-electron chi connectivity index (χ0n) is 43.1. The number of rotatable bonds is 49. The molecular weight excluding hydrogens is 880 g/mol. The van der Waals surface area contributed by atoms with E-state index >= 15 is 0 Å². The maximum atomic E-state index is 12.9. The highest BCUT2D eigenvalue weighted by Gasteiger charge is 2.28. The molecular formula is C56H97O11P. The lowest BCUT2D eigenvalue weighted by molar-refractivity contribution is -0.161. The first-order chi connectivity index (χ1) is 33.2. The van der Waals surface area contributed by atoms with E-state index in [4.69, 9.17) is 23.3 Å². The van der Waals surface area contributed by atoms with E-state index < -0.39 is 57.8 Å². The molecule has 2 N–H and O–H groups in total. The van der Waals surface area contributed by atoms with Crippen molar-refractivity contribution >= 4 is 25.7 Å². The van der Waals surface area contributed by atoms with Crippen LogP contribution in [-0.2, 0) is 42.2 Å². The number of allylic oxidation sites excluding steroid dienone is 12. The maximum absolute atomic E-state index is 12.9. The van der Waals surface area contributed by atoms with Crippen LogP contribution in [0.15, 0.2) is 72.9 Å². The first kappa shape index (κ1) is 64.9. The third-order valence-corrected chi connectivity index (χ3v) is 12.1. The summed E-state index contributed by atoms with van der Waals surface area (Å²) in [6, 6.07) is 0. The topological polar surface area (TPSA) is 155 Å². The van der Waals surface area contributed by atoms with E-state index in [0.29, 0.717) is 19.3 Å². The Morgan fingerprint density at radius 2 is 0.765 bits per heavy atom. The van der Waals surface area contributed by atoms with Crippen LogP contribution in [0.2, 0.25) is 0 Å². The summed E-state index contributed by atoms with van der Waals surface area (Å²) in [5, 5.41) is 9.77. The van der Waals surface area contributed by atoms with Crippen LogP contribution in [0.4, 0.5) is 0 Å². The van der Waals surface area contributed by atoms with Crippen LogP contribution >= 0.6 is 7.82 Å². The molecule has 0 heterocycles. The zero-order chi connectivity index (χ0) is 49.9. The monoisotopic (exact) mass is 977 g/mol. The van der Waals surface area contributed by atoms with Gasteiger partial charge in [0.15, 0.2) is 6.10 Å². The molecule has 0 aliphatic heterocycles. The predicted octanol–water partition coefficient (Wildman–Crippen LogP) is 15.4. The highest BCUT2D eigenvalue weighted by Crippen LogP contribution is 2.43.